The van der Waals surface area contributed by atoms with Gasteiger partial charge in [0.2, 0.25) is 11.8 Å². The highest BCUT2D eigenvalue weighted by atomic mass is 16.2. The lowest BCUT2D eigenvalue weighted by Gasteiger charge is -2.20. The number of amides is 2. The zero-order valence-corrected chi connectivity index (χ0v) is 10.6. The minimum absolute atomic E-state index is 0.0289. The molecule has 1 aliphatic rings. The Kier molecular flexibility index (Phi) is 3.97. The summed E-state index contributed by atoms with van der Waals surface area (Å²) in [7, 11) is 0. The molecular weight excluding hydrogens is 228 g/mol. The van der Waals surface area contributed by atoms with Gasteiger partial charge in [-0.15, -0.1) is 0 Å². The maximum atomic E-state index is 12.2. The van der Waals surface area contributed by atoms with E-state index in [4.69, 9.17) is 0 Å². The number of aryl methyl sites for hydroxylation is 1. The van der Waals surface area contributed by atoms with E-state index in [-0.39, 0.29) is 11.8 Å². The van der Waals surface area contributed by atoms with Gasteiger partial charge < -0.3 is 10.2 Å². The first kappa shape index (κ1) is 12.6. The smallest absolute Gasteiger partial charge is 0.227 e. The average molecular weight is 246 g/mol. The largest absolute Gasteiger partial charge is 0.354 e. The first-order chi connectivity index (χ1) is 8.66. The molecule has 1 aromatic rings. The van der Waals surface area contributed by atoms with Gasteiger partial charge in [0.15, 0.2) is 0 Å². The molecule has 4 nitrogen and oxygen atoms in total. The fraction of sp³-hybridized carbons (Fsp3) is 0.429. The third kappa shape index (κ3) is 3.09. The van der Waals surface area contributed by atoms with Gasteiger partial charge in [-0.2, -0.15) is 0 Å². The number of rotatable bonds is 2. The quantitative estimate of drug-likeness (QED) is 0.842. The van der Waals surface area contributed by atoms with Gasteiger partial charge in [-0.05, 0) is 18.1 Å². The number of nitrogens with zero attached hydrogens (tertiary/aromatic N) is 1. The summed E-state index contributed by atoms with van der Waals surface area (Å²) in [5.74, 6) is 0.127. The van der Waals surface area contributed by atoms with Crippen LogP contribution in [0.4, 0.5) is 0 Å². The van der Waals surface area contributed by atoms with Crippen LogP contribution in [0.15, 0.2) is 24.3 Å². The van der Waals surface area contributed by atoms with Crippen molar-refractivity contribution in [3.63, 3.8) is 0 Å². The van der Waals surface area contributed by atoms with Crippen molar-refractivity contribution in [1.29, 1.82) is 0 Å². The summed E-state index contributed by atoms with van der Waals surface area (Å²) in [5.41, 5.74) is 2.20. The zero-order chi connectivity index (χ0) is 13.0. The van der Waals surface area contributed by atoms with E-state index in [9.17, 15) is 9.59 Å². The lowest BCUT2D eigenvalue weighted by atomic mass is 10.1. The summed E-state index contributed by atoms with van der Waals surface area (Å²) in [5, 5.41) is 2.77. The molecule has 0 aliphatic carbocycles. The second-order valence-electron chi connectivity index (χ2n) is 4.58. The van der Waals surface area contributed by atoms with E-state index in [1.54, 1.807) is 4.90 Å². The SMILES string of the molecule is Cc1ccccc1CC(=O)N1CCNC(=O)CC1. The molecule has 1 aliphatic heterocycles. The van der Waals surface area contributed by atoms with E-state index in [0.29, 0.717) is 32.5 Å². The molecule has 4 heteroatoms. The van der Waals surface area contributed by atoms with Crippen molar-refractivity contribution in [1.82, 2.24) is 10.2 Å². The third-order valence-electron chi connectivity index (χ3n) is 3.27. The molecule has 0 aromatic heterocycles. The first-order valence-corrected chi connectivity index (χ1v) is 6.26. The van der Waals surface area contributed by atoms with Gasteiger partial charge in [-0.3, -0.25) is 9.59 Å². The number of hydrogen-bond donors (Lipinski definition) is 1. The van der Waals surface area contributed by atoms with E-state index in [1.165, 1.54) is 0 Å². The fourth-order valence-corrected chi connectivity index (χ4v) is 2.10. The second kappa shape index (κ2) is 5.67. The highest BCUT2D eigenvalue weighted by Crippen LogP contribution is 2.10. The second-order valence-corrected chi connectivity index (χ2v) is 4.58. The van der Waals surface area contributed by atoms with Gasteiger partial charge in [0.05, 0.1) is 6.42 Å². The molecule has 0 radical (unpaired) electrons. The van der Waals surface area contributed by atoms with Gasteiger partial charge in [0.1, 0.15) is 0 Å². The van der Waals surface area contributed by atoms with Crippen LogP contribution in [0.25, 0.3) is 0 Å². The molecule has 0 saturated carbocycles. The van der Waals surface area contributed by atoms with E-state index < -0.39 is 0 Å². The molecule has 0 spiro atoms. The number of nitrogens with one attached hydrogen (secondary N) is 1. The van der Waals surface area contributed by atoms with Crippen LogP contribution < -0.4 is 5.32 Å². The Morgan fingerprint density at radius 1 is 1.33 bits per heavy atom. The van der Waals surface area contributed by atoms with Gasteiger partial charge in [-0.1, -0.05) is 24.3 Å². The maximum absolute atomic E-state index is 12.2. The van der Waals surface area contributed by atoms with Crippen molar-refractivity contribution in [3.05, 3.63) is 35.4 Å². The predicted octanol–water partition coefficient (Wildman–Crippen LogP) is 0.886. The Labute approximate surface area is 107 Å². The maximum Gasteiger partial charge on any atom is 0.227 e. The molecule has 0 atom stereocenters. The fourth-order valence-electron chi connectivity index (χ4n) is 2.10. The van der Waals surface area contributed by atoms with Crippen LogP contribution in [0.2, 0.25) is 0 Å². The summed E-state index contributed by atoms with van der Waals surface area (Å²) in [4.78, 5) is 25.1. The third-order valence-corrected chi connectivity index (χ3v) is 3.27. The topological polar surface area (TPSA) is 49.4 Å². The standard InChI is InChI=1S/C14H18N2O2/c1-11-4-2-3-5-12(11)10-14(18)16-8-6-13(17)15-7-9-16/h2-5H,6-10H2,1H3,(H,15,17). The van der Waals surface area contributed by atoms with E-state index in [0.717, 1.165) is 11.1 Å². The molecular formula is C14H18N2O2. The van der Waals surface area contributed by atoms with Crippen molar-refractivity contribution in [3.8, 4) is 0 Å². The predicted molar refractivity (Wildman–Crippen MR) is 69.1 cm³/mol. The molecule has 96 valence electrons. The van der Waals surface area contributed by atoms with Crippen molar-refractivity contribution in [2.45, 2.75) is 19.8 Å². The van der Waals surface area contributed by atoms with Gasteiger partial charge >= 0.3 is 0 Å². The molecule has 0 bridgehead atoms. The van der Waals surface area contributed by atoms with Gasteiger partial charge in [-0.25, -0.2) is 0 Å². The first-order valence-electron chi connectivity index (χ1n) is 6.26. The summed E-state index contributed by atoms with van der Waals surface area (Å²) >= 11 is 0. The highest BCUT2D eigenvalue weighted by molar-refractivity contribution is 5.81. The van der Waals surface area contributed by atoms with E-state index in [2.05, 4.69) is 5.32 Å². The summed E-state index contributed by atoms with van der Waals surface area (Å²) in [6, 6.07) is 7.91. The van der Waals surface area contributed by atoms with Crippen LogP contribution in [-0.4, -0.2) is 36.3 Å². The van der Waals surface area contributed by atoms with Crippen molar-refractivity contribution in [2.24, 2.45) is 0 Å². The normalized spacial score (nSPS) is 16.1. The van der Waals surface area contributed by atoms with E-state index in [1.807, 2.05) is 31.2 Å². The number of benzene rings is 1. The van der Waals surface area contributed by atoms with Gasteiger partial charge in [0.25, 0.3) is 0 Å². The highest BCUT2D eigenvalue weighted by Gasteiger charge is 2.18. The van der Waals surface area contributed by atoms with E-state index >= 15 is 0 Å². The lowest BCUT2D eigenvalue weighted by Crippen LogP contribution is -2.35. The summed E-state index contributed by atoms with van der Waals surface area (Å²) < 4.78 is 0. The monoisotopic (exact) mass is 246 g/mol. The van der Waals surface area contributed by atoms with Crippen LogP contribution in [-0.2, 0) is 16.0 Å². The van der Waals surface area contributed by atoms with Gasteiger partial charge in [0, 0.05) is 26.1 Å². The van der Waals surface area contributed by atoms with Crippen LogP contribution in [0.5, 0.6) is 0 Å². The molecule has 1 N–H and O–H groups in total. The Morgan fingerprint density at radius 2 is 2.11 bits per heavy atom. The van der Waals surface area contributed by atoms with Crippen LogP contribution in [0.1, 0.15) is 17.5 Å². The average Bonchev–Trinajstić information content (AvgIpc) is 2.57. The van der Waals surface area contributed by atoms with Crippen LogP contribution in [0, 0.1) is 6.92 Å². The zero-order valence-electron chi connectivity index (χ0n) is 10.6. The lowest BCUT2D eigenvalue weighted by molar-refractivity contribution is -0.130. The van der Waals surface area contributed by atoms with Crippen molar-refractivity contribution in [2.75, 3.05) is 19.6 Å². The molecule has 1 heterocycles. The summed E-state index contributed by atoms with van der Waals surface area (Å²) in [6.07, 6.45) is 0.820. The minimum atomic E-state index is 0.0289. The number of carbonyl (C=O) groups excluding carboxylic acids is 2. The van der Waals surface area contributed by atoms with Crippen molar-refractivity contribution < 1.29 is 9.59 Å². The Hall–Kier alpha value is -1.84. The minimum Gasteiger partial charge on any atom is -0.354 e. The molecule has 2 amide bonds. The summed E-state index contributed by atoms with van der Waals surface area (Å²) in [6.45, 7) is 3.70. The Balaban J connectivity index is 1.99. The molecule has 0 unspecified atom stereocenters. The molecule has 1 fully saturated rings. The Morgan fingerprint density at radius 3 is 2.89 bits per heavy atom. The molecule has 1 aromatic carbocycles. The van der Waals surface area contributed by atoms with Crippen LogP contribution >= 0.6 is 0 Å². The number of carbonyl (C=O) groups is 2. The molecule has 2 rings (SSSR count). The molecule has 18 heavy (non-hydrogen) atoms. The Bertz CT molecular complexity index is 457. The van der Waals surface area contributed by atoms with Crippen molar-refractivity contribution >= 4 is 11.8 Å². The molecule has 1 saturated heterocycles. The van der Waals surface area contributed by atoms with Crippen LogP contribution in [0.3, 0.4) is 0 Å². The number of hydrogen-bond acceptors (Lipinski definition) is 2.